The van der Waals surface area contributed by atoms with Gasteiger partial charge < -0.3 is 15.4 Å². The molecule has 0 bridgehead atoms. The summed E-state index contributed by atoms with van der Waals surface area (Å²) in [4.78, 5) is 23.7. The largest absolute Gasteiger partial charge is 0.469 e. The highest BCUT2D eigenvalue weighted by Crippen LogP contribution is 2.19. The maximum absolute atomic E-state index is 12.2. The minimum absolute atomic E-state index is 0.00671. The number of ether oxygens (including phenoxy) is 1. The summed E-state index contributed by atoms with van der Waals surface area (Å²) < 4.78 is 4.71. The maximum atomic E-state index is 12.2. The number of hydrogen-bond acceptors (Lipinski definition) is 4. The molecule has 1 saturated heterocycles. The standard InChI is InChI=1S/C15H20N2O3/c1-20-14(18)9-13(11-5-3-2-4-6-11)17-15(19)12-7-8-16-10-12/h2-6,12-13,16H,7-10H2,1H3,(H,17,19). The van der Waals surface area contributed by atoms with Crippen molar-refractivity contribution >= 4 is 11.9 Å². The van der Waals surface area contributed by atoms with Gasteiger partial charge in [0, 0.05) is 6.54 Å². The van der Waals surface area contributed by atoms with E-state index in [4.69, 9.17) is 4.74 Å². The molecule has 1 aliphatic heterocycles. The van der Waals surface area contributed by atoms with Crippen molar-refractivity contribution in [3.05, 3.63) is 35.9 Å². The van der Waals surface area contributed by atoms with Crippen molar-refractivity contribution in [2.75, 3.05) is 20.2 Å². The summed E-state index contributed by atoms with van der Waals surface area (Å²) in [5.74, 6) is -0.352. The van der Waals surface area contributed by atoms with Crippen molar-refractivity contribution in [1.29, 1.82) is 0 Å². The van der Waals surface area contributed by atoms with E-state index in [0.29, 0.717) is 6.54 Å². The highest BCUT2D eigenvalue weighted by atomic mass is 16.5. The quantitative estimate of drug-likeness (QED) is 0.788. The molecule has 20 heavy (non-hydrogen) atoms. The molecule has 108 valence electrons. The molecule has 5 heteroatoms. The van der Waals surface area contributed by atoms with Crippen LogP contribution in [0.1, 0.15) is 24.4 Å². The smallest absolute Gasteiger partial charge is 0.307 e. The third-order valence-corrected chi connectivity index (χ3v) is 3.55. The van der Waals surface area contributed by atoms with Gasteiger partial charge in [0.1, 0.15) is 0 Å². The summed E-state index contributed by atoms with van der Waals surface area (Å²) in [5.41, 5.74) is 0.914. The second kappa shape index (κ2) is 7.05. The third kappa shape index (κ3) is 3.81. The Kier molecular flexibility index (Phi) is 5.12. The molecule has 1 heterocycles. The van der Waals surface area contributed by atoms with E-state index in [-0.39, 0.29) is 30.3 Å². The fourth-order valence-corrected chi connectivity index (χ4v) is 2.36. The van der Waals surface area contributed by atoms with Crippen molar-refractivity contribution in [1.82, 2.24) is 10.6 Å². The monoisotopic (exact) mass is 276 g/mol. The van der Waals surface area contributed by atoms with Gasteiger partial charge in [-0.25, -0.2) is 0 Å². The van der Waals surface area contributed by atoms with Gasteiger partial charge >= 0.3 is 5.97 Å². The van der Waals surface area contributed by atoms with Gasteiger partial charge in [0.2, 0.25) is 5.91 Å². The first-order chi connectivity index (χ1) is 9.70. The normalized spacial score (nSPS) is 19.4. The van der Waals surface area contributed by atoms with Gasteiger partial charge in [0.05, 0.1) is 25.5 Å². The number of hydrogen-bond donors (Lipinski definition) is 2. The van der Waals surface area contributed by atoms with Crippen LogP contribution in [0.4, 0.5) is 0 Å². The molecule has 1 aromatic rings. The first-order valence-electron chi connectivity index (χ1n) is 6.83. The summed E-state index contributed by atoms with van der Waals surface area (Å²) in [7, 11) is 1.35. The number of benzene rings is 1. The van der Waals surface area contributed by atoms with Crippen LogP contribution < -0.4 is 10.6 Å². The molecule has 5 nitrogen and oxygen atoms in total. The molecule has 2 atom stereocenters. The lowest BCUT2D eigenvalue weighted by Gasteiger charge is -2.20. The summed E-state index contributed by atoms with van der Waals surface area (Å²) in [5, 5.41) is 6.13. The van der Waals surface area contributed by atoms with E-state index in [1.54, 1.807) is 0 Å². The van der Waals surface area contributed by atoms with E-state index in [1.807, 2.05) is 30.3 Å². The van der Waals surface area contributed by atoms with E-state index in [1.165, 1.54) is 7.11 Å². The van der Waals surface area contributed by atoms with E-state index >= 15 is 0 Å². The number of nitrogens with one attached hydrogen (secondary N) is 2. The molecule has 2 rings (SSSR count). The number of esters is 1. The van der Waals surface area contributed by atoms with Crippen LogP contribution >= 0.6 is 0 Å². The fourth-order valence-electron chi connectivity index (χ4n) is 2.36. The Morgan fingerprint density at radius 3 is 2.75 bits per heavy atom. The van der Waals surface area contributed by atoms with Crippen LogP contribution in [0.2, 0.25) is 0 Å². The summed E-state index contributed by atoms with van der Waals surface area (Å²) >= 11 is 0. The SMILES string of the molecule is COC(=O)CC(NC(=O)C1CCNC1)c1ccccc1. The third-order valence-electron chi connectivity index (χ3n) is 3.55. The lowest BCUT2D eigenvalue weighted by molar-refractivity contribution is -0.141. The average molecular weight is 276 g/mol. The van der Waals surface area contributed by atoms with Crippen LogP contribution in [-0.4, -0.2) is 32.1 Å². The van der Waals surface area contributed by atoms with Crippen molar-refractivity contribution in [3.63, 3.8) is 0 Å². The Balaban J connectivity index is 2.06. The van der Waals surface area contributed by atoms with E-state index < -0.39 is 0 Å². The number of amides is 1. The van der Waals surface area contributed by atoms with E-state index in [0.717, 1.165) is 18.5 Å². The number of carbonyl (C=O) groups excluding carboxylic acids is 2. The second-order valence-electron chi connectivity index (χ2n) is 4.94. The average Bonchev–Trinajstić information content (AvgIpc) is 3.01. The lowest BCUT2D eigenvalue weighted by atomic mass is 10.0. The van der Waals surface area contributed by atoms with Gasteiger partial charge in [0.15, 0.2) is 0 Å². The molecule has 0 aromatic heterocycles. The van der Waals surface area contributed by atoms with Gasteiger partial charge in [-0.1, -0.05) is 30.3 Å². The number of methoxy groups -OCH3 is 1. The lowest BCUT2D eigenvalue weighted by Crippen LogP contribution is -2.36. The minimum Gasteiger partial charge on any atom is -0.469 e. The van der Waals surface area contributed by atoms with Crippen LogP contribution in [0, 0.1) is 5.92 Å². The molecule has 1 aliphatic rings. The number of rotatable bonds is 5. The number of carbonyl (C=O) groups is 2. The first-order valence-corrected chi connectivity index (χ1v) is 6.83. The zero-order valence-electron chi connectivity index (χ0n) is 11.6. The summed E-state index contributed by atoms with van der Waals surface area (Å²) in [6.45, 7) is 1.57. The Labute approximate surface area is 118 Å². The fraction of sp³-hybridized carbons (Fsp3) is 0.467. The molecule has 1 aromatic carbocycles. The molecular weight excluding hydrogens is 256 g/mol. The van der Waals surface area contributed by atoms with E-state index in [9.17, 15) is 9.59 Å². The van der Waals surface area contributed by atoms with Crippen LogP contribution in [-0.2, 0) is 14.3 Å². The highest BCUT2D eigenvalue weighted by Gasteiger charge is 2.26. The van der Waals surface area contributed by atoms with E-state index in [2.05, 4.69) is 10.6 Å². The zero-order chi connectivity index (χ0) is 14.4. The molecule has 0 saturated carbocycles. The Morgan fingerprint density at radius 2 is 2.15 bits per heavy atom. The summed E-state index contributed by atoms with van der Waals surface area (Å²) in [6, 6.07) is 9.16. The van der Waals surface area contributed by atoms with Gasteiger partial charge in [-0.3, -0.25) is 9.59 Å². The van der Waals surface area contributed by atoms with Crippen LogP contribution in [0.15, 0.2) is 30.3 Å². The first kappa shape index (κ1) is 14.5. The molecule has 0 aliphatic carbocycles. The zero-order valence-corrected chi connectivity index (χ0v) is 11.6. The van der Waals surface area contributed by atoms with Crippen molar-refractivity contribution in [3.8, 4) is 0 Å². The minimum atomic E-state index is -0.336. The Bertz CT molecular complexity index is 455. The molecular formula is C15H20N2O3. The topological polar surface area (TPSA) is 67.4 Å². The highest BCUT2D eigenvalue weighted by molar-refractivity contribution is 5.80. The molecule has 1 amide bonds. The van der Waals surface area contributed by atoms with Gasteiger partial charge in [-0.05, 0) is 18.5 Å². The van der Waals surface area contributed by atoms with Gasteiger partial charge in [-0.15, -0.1) is 0 Å². The maximum Gasteiger partial charge on any atom is 0.307 e. The molecule has 0 radical (unpaired) electrons. The van der Waals surface area contributed by atoms with Gasteiger partial charge in [-0.2, -0.15) is 0 Å². The molecule has 0 spiro atoms. The van der Waals surface area contributed by atoms with Crippen molar-refractivity contribution < 1.29 is 14.3 Å². The van der Waals surface area contributed by atoms with Gasteiger partial charge in [0.25, 0.3) is 0 Å². The second-order valence-corrected chi connectivity index (χ2v) is 4.94. The van der Waals surface area contributed by atoms with Crippen LogP contribution in [0.5, 0.6) is 0 Å². The van der Waals surface area contributed by atoms with Crippen molar-refractivity contribution in [2.45, 2.75) is 18.9 Å². The van der Waals surface area contributed by atoms with Crippen LogP contribution in [0.25, 0.3) is 0 Å². The van der Waals surface area contributed by atoms with Crippen molar-refractivity contribution in [2.24, 2.45) is 5.92 Å². The van der Waals surface area contributed by atoms with Crippen LogP contribution in [0.3, 0.4) is 0 Å². The molecule has 2 N–H and O–H groups in total. The molecule has 1 fully saturated rings. The Morgan fingerprint density at radius 1 is 1.40 bits per heavy atom. The molecule has 2 unspecified atom stereocenters. The predicted octanol–water partition coefficient (Wildman–Crippen LogP) is 1.02. The predicted molar refractivity (Wildman–Crippen MR) is 74.9 cm³/mol. The summed E-state index contributed by atoms with van der Waals surface area (Å²) in [6.07, 6.45) is 0.984. The Hall–Kier alpha value is -1.88.